The van der Waals surface area contributed by atoms with Gasteiger partial charge in [-0.2, -0.15) is 0 Å². The van der Waals surface area contributed by atoms with Gasteiger partial charge in [-0.25, -0.2) is 8.78 Å². The van der Waals surface area contributed by atoms with Crippen LogP contribution in [0, 0.1) is 18.6 Å². The molecule has 0 unspecified atom stereocenters. The van der Waals surface area contributed by atoms with Gasteiger partial charge in [-0.3, -0.25) is 4.79 Å². The number of hydrogen-bond acceptors (Lipinski definition) is 2. The minimum atomic E-state index is -0.474. The summed E-state index contributed by atoms with van der Waals surface area (Å²) in [6, 6.07) is 8.82. The van der Waals surface area contributed by atoms with E-state index in [1.54, 1.807) is 30.0 Å². The number of nitrogens with one attached hydrogen (secondary N) is 1. The molecular weight excluding hydrogens is 310 g/mol. The van der Waals surface area contributed by atoms with Crippen molar-refractivity contribution in [1.29, 1.82) is 0 Å². The van der Waals surface area contributed by atoms with Gasteiger partial charge in [0.05, 0.1) is 0 Å². The Morgan fingerprint density at radius 3 is 2.58 bits per heavy atom. The van der Waals surface area contributed by atoms with Crippen molar-refractivity contribution in [3.8, 4) is 11.1 Å². The Labute approximate surface area is 140 Å². The Bertz CT molecular complexity index is 776. The molecule has 1 atom stereocenters. The molecule has 0 radical (unpaired) electrons. The van der Waals surface area contributed by atoms with E-state index in [1.165, 1.54) is 18.2 Å². The van der Waals surface area contributed by atoms with Crippen LogP contribution in [-0.4, -0.2) is 36.5 Å². The van der Waals surface area contributed by atoms with Gasteiger partial charge < -0.3 is 10.2 Å². The van der Waals surface area contributed by atoms with Crippen molar-refractivity contribution >= 4 is 5.91 Å². The third-order valence-electron chi connectivity index (χ3n) is 4.46. The maximum absolute atomic E-state index is 14.6. The van der Waals surface area contributed by atoms with E-state index in [4.69, 9.17) is 0 Å². The molecule has 0 aromatic heterocycles. The number of nitrogens with zero attached hydrogens (tertiary/aromatic N) is 1. The van der Waals surface area contributed by atoms with Crippen molar-refractivity contribution in [3.05, 3.63) is 59.2 Å². The molecule has 0 spiro atoms. The van der Waals surface area contributed by atoms with Crippen molar-refractivity contribution < 1.29 is 13.6 Å². The molecule has 1 amide bonds. The van der Waals surface area contributed by atoms with E-state index in [-0.39, 0.29) is 17.8 Å². The Morgan fingerprint density at radius 2 is 1.92 bits per heavy atom. The van der Waals surface area contributed by atoms with Crippen LogP contribution in [0.5, 0.6) is 0 Å². The second kappa shape index (κ2) is 6.69. The SMILES string of the molecule is Cc1cc(F)ccc1-c1ccc(C(=O)N2CCNC[C@@H]2C)cc1F. The smallest absolute Gasteiger partial charge is 0.254 e. The Morgan fingerprint density at radius 1 is 1.17 bits per heavy atom. The summed E-state index contributed by atoms with van der Waals surface area (Å²) in [6.45, 7) is 5.79. The van der Waals surface area contributed by atoms with E-state index in [0.29, 0.717) is 28.8 Å². The van der Waals surface area contributed by atoms with E-state index < -0.39 is 5.82 Å². The molecule has 0 aliphatic carbocycles. The molecule has 1 heterocycles. The molecule has 3 nitrogen and oxygen atoms in total. The van der Waals surface area contributed by atoms with Crippen molar-refractivity contribution in [2.75, 3.05) is 19.6 Å². The highest BCUT2D eigenvalue weighted by Crippen LogP contribution is 2.27. The first-order valence-corrected chi connectivity index (χ1v) is 8.05. The lowest BCUT2D eigenvalue weighted by Gasteiger charge is -2.34. The molecule has 0 saturated carbocycles. The number of rotatable bonds is 2. The minimum absolute atomic E-state index is 0.0772. The molecule has 5 heteroatoms. The minimum Gasteiger partial charge on any atom is -0.333 e. The number of benzene rings is 2. The average molecular weight is 330 g/mol. The molecule has 2 aromatic carbocycles. The van der Waals surface area contributed by atoms with Crippen molar-refractivity contribution in [2.24, 2.45) is 0 Å². The number of hydrogen-bond donors (Lipinski definition) is 1. The molecule has 0 bridgehead atoms. The van der Waals surface area contributed by atoms with E-state index in [1.807, 2.05) is 6.92 Å². The van der Waals surface area contributed by atoms with Gasteiger partial charge in [0.25, 0.3) is 5.91 Å². The summed E-state index contributed by atoms with van der Waals surface area (Å²) in [6.07, 6.45) is 0. The highest BCUT2D eigenvalue weighted by Gasteiger charge is 2.24. The fourth-order valence-corrected chi connectivity index (χ4v) is 3.10. The summed E-state index contributed by atoms with van der Waals surface area (Å²) < 4.78 is 27.8. The molecule has 24 heavy (non-hydrogen) atoms. The maximum atomic E-state index is 14.6. The van der Waals surface area contributed by atoms with Gasteiger partial charge in [-0.1, -0.05) is 12.1 Å². The summed E-state index contributed by atoms with van der Waals surface area (Å²) in [4.78, 5) is 14.4. The lowest BCUT2D eigenvalue weighted by Crippen LogP contribution is -2.52. The van der Waals surface area contributed by atoms with Crippen LogP contribution < -0.4 is 5.32 Å². The van der Waals surface area contributed by atoms with Crippen LogP contribution in [0.4, 0.5) is 8.78 Å². The fraction of sp³-hybridized carbons (Fsp3) is 0.316. The second-order valence-corrected chi connectivity index (χ2v) is 6.21. The summed E-state index contributed by atoms with van der Waals surface area (Å²) in [5.41, 5.74) is 1.99. The van der Waals surface area contributed by atoms with Crippen molar-refractivity contribution in [2.45, 2.75) is 19.9 Å². The fourth-order valence-electron chi connectivity index (χ4n) is 3.10. The monoisotopic (exact) mass is 330 g/mol. The Balaban J connectivity index is 1.91. The van der Waals surface area contributed by atoms with Gasteiger partial charge in [-0.05, 0) is 49.2 Å². The molecule has 1 N–H and O–H groups in total. The highest BCUT2D eigenvalue weighted by atomic mass is 19.1. The van der Waals surface area contributed by atoms with Gasteiger partial charge in [0, 0.05) is 36.8 Å². The number of carbonyl (C=O) groups is 1. The van der Waals surface area contributed by atoms with E-state index in [2.05, 4.69) is 5.32 Å². The van der Waals surface area contributed by atoms with Crippen molar-refractivity contribution in [3.63, 3.8) is 0 Å². The summed E-state index contributed by atoms with van der Waals surface area (Å²) >= 11 is 0. The topological polar surface area (TPSA) is 32.3 Å². The first-order valence-electron chi connectivity index (χ1n) is 8.05. The largest absolute Gasteiger partial charge is 0.333 e. The molecule has 2 aromatic rings. The zero-order valence-corrected chi connectivity index (χ0v) is 13.8. The lowest BCUT2D eigenvalue weighted by molar-refractivity contribution is 0.0655. The van der Waals surface area contributed by atoms with E-state index in [0.717, 1.165) is 13.1 Å². The van der Waals surface area contributed by atoms with Crippen LogP contribution in [0.15, 0.2) is 36.4 Å². The predicted molar refractivity (Wildman–Crippen MR) is 89.9 cm³/mol. The summed E-state index contributed by atoms with van der Waals surface area (Å²) in [5, 5.41) is 3.22. The summed E-state index contributed by atoms with van der Waals surface area (Å²) in [7, 11) is 0. The second-order valence-electron chi connectivity index (χ2n) is 6.21. The van der Waals surface area contributed by atoms with Crippen LogP contribution in [0.3, 0.4) is 0 Å². The zero-order valence-electron chi connectivity index (χ0n) is 13.8. The van der Waals surface area contributed by atoms with Gasteiger partial charge in [0.15, 0.2) is 0 Å². The molecule has 3 rings (SSSR count). The van der Waals surface area contributed by atoms with E-state index in [9.17, 15) is 13.6 Å². The number of aryl methyl sites for hydroxylation is 1. The van der Waals surface area contributed by atoms with Gasteiger partial charge in [0.2, 0.25) is 0 Å². The molecule has 1 saturated heterocycles. The quantitative estimate of drug-likeness (QED) is 0.916. The van der Waals surface area contributed by atoms with Gasteiger partial charge >= 0.3 is 0 Å². The van der Waals surface area contributed by atoms with Crippen LogP contribution in [0.25, 0.3) is 11.1 Å². The van der Waals surface area contributed by atoms with Crippen molar-refractivity contribution in [1.82, 2.24) is 10.2 Å². The number of halogens is 2. The van der Waals surface area contributed by atoms with Crippen LogP contribution in [0.2, 0.25) is 0 Å². The first-order chi connectivity index (χ1) is 11.5. The Kier molecular flexibility index (Phi) is 4.62. The maximum Gasteiger partial charge on any atom is 0.254 e. The van der Waals surface area contributed by atoms with Gasteiger partial charge in [0.1, 0.15) is 11.6 Å². The van der Waals surface area contributed by atoms with Crippen LogP contribution >= 0.6 is 0 Å². The number of piperazine rings is 1. The molecule has 1 aliphatic heterocycles. The number of carbonyl (C=O) groups excluding carboxylic acids is 1. The Hall–Kier alpha value is -2.27. The highest BCUT2D eigenvalue weighted by molar-refractivity contribution is 5.95. The predicted octanol–water partition coefficient (Wildman–Crippen LogP) is 3.37. The molecule has 1 aliphatic rings. The number of amides is 1. The third-order valence-corrected chi connectivity index (χ3v) is 4.46. The van der Waals surface area contributed by atoms with Crippen LogP contribution in [0.1, 0.15) is 22.8 Å². The molecular formula is C19H20F2N2O. The average Bonchev–Trinajstić information content (AvgIpc) is 2.55. The standard InChI is InChI=1S/C19H20F2N2O/c1-12-9-15(20)4-6-16(12)17-5-3-14(10-18(17)21)19(24)23-8-7-22-11-13(23)2/h3-6,9-10,13,22H,7-8,11H2,1-2H3/t13-/m0/s1. The first kappa shape index (κ1) is 16.6. The molecule has 1 fully saturated rings. The normalized spacial score (nSPS) is 17.8. The zero-order chi connectivity index (χ0) is 17.3. The third kappa shape index (κ3) is 3.17. The lowest BCUT2D eigenvalue weighted by atomic mass is 9.98. The van der Waals surface area contributed by atoms with Crippen LogP contribution in [-0.2, 0) is 0 Å². The van der Waals surface area contributed by atoms with Gasteiger partial charge in [-0.15, -0.1) is 0 Å². The molecule has 126 valence electrons. The van der Waals surface area contributed by atoms with E-state index >= 15 is 0 Å². The summed E-state index contributed by atoms with van der Waals surface area (Å²) in [5.74, 6) is -0.986.